The Morgan fingerprint density at radius 3 is 3.04 bits per heavy atom. The summed E-state index contributed by atoms with van der Waals surface area (Å²) in [7, 11) is 0. The van der Waals surface area contributed by atoms with Gasteiger partial charge in [0.2, 0.25) is 5.91 Å². The monoisotopic (exact) mass is 316 g/mol. The van der Waals surface area contributed by atoms with Crippen molar-refractivity contribution in [3.05, 3.63) is 29.3 Å². The average molecular weight is 316 g/mol. The maximum atomic E-state index is 12.2. The predicted octanol–water partition coefficient (Wildman–Crippen LogP) is 2.14. The molecule has 2 heterocycles. The zero-order chi connectivity index (χ0) is 16.1. The van der Waals surface area contributed by atoms with Gasteiger partial charge in [-0.25, -0.2) is 0 Å². The molecule has 0 aliphatic carbocycles. The van der Waals surface area contributed by atoms with Gasteiger partial charge in [0.1, 0.15) is 5.75 Å². The Kier molecular flexibility index (Phi) is 5.16. The van der Waals surface area contributed by atoms with Gasteiger partial charge in [0, 0.05) is 38.0 Å². The van der Waals surface area contributed by atoms with Crippen molar-refractivity contribution in [3.8, 4) is 5.75 Å². The van der Waals surface area contributed by atoms with Gasteiger partial charge in [0.05, 0.1) is 6.61 Å². The number of rotatable bonds is 5. The highest BCUT2D eigenvalue weighted by Crippen LogP contribution is 2.25. The van der Waals surface area contributed by atoms with E-state index in [1.807, 2.05) is 17.0 Å². The first kappa shape index (κ1) is 15.8. The SMILES string of the molecule is O=C(NCCCN1CCCCCC1=O)c1ccc2c(c1)CCO2. The lowest BCUT2D eigenvalue weighted by atomic mass is 10.1. The quantitative estimate of drug-likeness (QED) is 0.847. The molecule has 2 aliphatic rings. The Morgan fingerprint density at radius 2 is 2.13 bits per heavy atom. The van der Waals surface area contributed by atoms with Crippen molar-refractivity contribution in [2.24, 2.45) is 0 Å². The van der Waals surface area contributed by atoms with Crippen molar-refractivity contribution in [1.29, 1.82) is 0 Å². The Morgan fingerprint density at radius 1 is 1.22 bits per heavy atom. The van der Waals surface area contributed by atoms with Crippen molar-refractivity contribution in [2.45, 2.75) is 38.5 Å². The first-order chi connectivity index (χ1) is 11.2. The van der Waals surface area contributed by atoms with E-state index in [9.17, 15) is 9.59 Å². The van der Waals surface area contributed by atoms with Crippen LogP contribution in [-0.2, 0) is 11.2 Å². The molecule has 23 heavy (non-hydrogen) atoms. The molecule has 2 aliphatic heterocycles. The molecule has 1 aromatic rings. The van der Waals surface area contributed by atoms with Gasteiger partial charge in [-0.2, -0.15) is 0 Å². The van der Waals surface area contributed by atoms with Crippen molar-refractivity contribution >= 4 is 11.8 Å². The van der Waals surface area contributed by atoms with Crippen LogP contribution in [0.4, 0.5) is 0 Å². The van der Waals surface area contributed by atoms with Crippen LogP contribution in [0.2, 0.25) is 0 Å². The molecule has 1 fully saturated rings. The van der Waals surface area contributed by atoms with Gasteiger partial charge >= 0.3 is 0 Å². The number of carbonyl (C=O) groups excluding carboxylic acids is 2. The minimum Gasteiger partial charge on any atom is -0.493 e. The minimum atomic E-state index is -0.0538. The third-order valence-corrected chi connectivity index (χ3v) is 4.51. The zero-order valence-corrected chi connectivity index (χ0v) is 13.5. The zero-order valence-electron chi connectivity index (χ0n) is 13.5. The van der Waals surface area contributed by atoms with Gasteiger partial charge in [-0.05, 0) is 43.0 Å². The van der Waals surface area contributed by atoms with Crippen LogP contribution >= 0.6 is 0 Å². The summed E-state index contributed by atoms with van der Waals surface area (Å²) in [6.45, 7) is 2.88. The third-order valence-electron chi connectivity index (χ3n) is 4.51. The lowest BCUT2D eigenvalue weighted by molar-refractivity contribution is -0.130. The molecule has 0 spiro atoms. The normalized spacial score (nSPS) is 17.4. The Bertz CT molecular complexity index is 586. The van der Waals surface area contributed by atoms with Gasteiger partial charge in [-0.15, -0.1) is 0 Å². The second-order valence-corrected chi connectivity index (χ2v) is 6.22. The number of hydrogen-bond acceptors (Lipinski definition) is 3. The number of nitrogens with zero attached hydrogens (tertiary/aromatic N) is 1. The van der Waals surface area contributed by atoms with Crippen LogP contribution in [0, 0.1) is 0 Å². The second-order valence-electron chi connectivity index (χ2n) is 6.22. The van der Waals surface area contributed by atoms with Crippen LogP contribution in [0.5, 0.6) is 5.75 Å². The average Bonchev–Trinajstić information content (AvgIpc) is 2.94. The number of fused-ring (bicyclic) bond motifs is 1. The van der Waals surface area contributed by atoms with E-state index in [1.165, 1.54) is 0 Å². The molecule has 3 rings (SSSR count). The Balaban J connectivity index is 1.43. The summed E-state index contributed by atoms with van der Waals surface area (Å²) < 4.78 is 5.45. The van der Waals surface area contributed by atoms with Crippen LogP contribution in [0.1, 0.15) is 48.0 Å². The number of hydrogen-bond donors (Lipinski definition) is 1. The van der Waals surface area contributed by atoms with E-state index in [-0.39, 0.29) is 11.8 Å². The third kappa shape index (κ3) is 4.03. The molecule has 5 nitrogen and oxygen atoms in total. The molecule has 0 unspecified atom stereocenters. The smallest absolute Gasteiger partial charge is 0.251 e. The van der Waals surface area contributed by atoms with Crippen molar-refractivity contribution in [3.63, 3.8) is 0 Å². The fraction of sp³-hybridized carbons (Fsp3) is 0.556. The van der Waals surface area contributed by atoms with Gasteiger partial charge in [0.25, 0.3) is 5.91 Å². The number of benzene rings is 1. The van der Waals surface area contributed by atoms with E-state index in [1.54, 1.807) is 6.07 Å². The van der Waals surface area contributed by atoms with Crippen LogP contribution in [0.25, 0.3) is 0 Å². The summed E-state index contributed by atoms with van der Waals surface area (Å²) >= 11 is 0. The molecular weight excluding hydrogens is 292 g/mol. The maximum Gasteiger partial charge on any atom is 0.251 e. The molecule has 0 radical (unpaired) electrons. The predicted molar refractivity (Wildman–Crippen MR) is 87.6 cm³/mol. The van der Waals surface area contributed by atoms with E-state index in [2.05, 4.69) is 5.32 Å². The molecule has 2 amide bonds. The second kappa shape index (κ2) is 7.49. The maximum absolute atomic E-state index is 12.2. The first-order valence-electron chi connectivity index (χ1n) is 8.56. The van der Waals surface area contributed by atoms with Gasteiger partial charge in [0.15, 0.2) is 0 Å². The fourth-order valence-electron chi connectivity index (χ4n) is 3.18. The lowest BCUT2D eigenvalue weighted by Crippen LogP contribution is -2.34. The van der Waals surface area contributed by atoms with Gasteiger partial charge < -0.3 is 15.0 Å². The van der Waals surface area contributed by atoms with E-state index in [0.29, 0.717) is 25.1 Å². The van der Waals surface area contributed by atoms with Crippen molar-refractivity contribution < 1.29 is 14.3 Å². The summed E-state index contributed by atoms with van der Waals surface area (Å²) in [5.41, 5.74) is 1.79. The highest BCUT2D eigenvalue weighted by molar-refractivity contribution is 5.94. The molecule has 1 N–H and O–H groups in total. The first-order valence-corrected chi connectivity index (χ1v) is 8.56. The summed E-state index contributed by atoms with van der Waals surface area (Å²) in [4.78, 5) is 26.0. The molecule has 1 saturated heterocycles. The van der Waals surface area contributed by atoms with E-state index in [4.69, 9.17) is 4.74 Å². The number of amides is 2. The van der Waals surface area contributed by atoms with Gasteiger partial charge in [-0.3, -0.25) is 9.59 Å². The van der Waals surface area contributed by atoms with Crippen LogP contribution in [0.15, 0.2) is 18.2 Å². The summed E-state index contributed by atoms with van der Waals surface area (Å²) in [5.74, 6) is 1.09. The van der Waals surface area contributed by atoms with E-state index >= 15 is 0 Å². The van der Waals surface area contributed by atoms with Crippen LogP contribution < -0.4 is 10.1 Å². The molecule has 5 heteroatoms. The Labute approximate surface area is 137 Å². The molecule has 0 atom stereocenters. The van der Waals surface area contributed by atoms with Crippen molar-refractivity contribution in [1.82, 2.24) is 10.2 Å². The standard InChI is InChI=1S/C18H24N2O3/c21-17-5-2-1-3-10-20(17)11-4-9-19-18(22)15-6-7-16-14(13-15)8-12-23-16/h6-7,13H,1-5,8-12H2,(H,19,22). The topological polar surface area (TPSA) is 58.6 Å². The van der Waals surface area contributed by atoms with E-state index in [0.717, 1.165) is 56.5 Å². The fourth-order valence-corrected chi connectivity index (χ4v) is 3.18. The van der Waals surface area contributed by atoms with Crippen molar-refractivity contribution in [2.75, 3.05) is 26.2 Å². The molecule has 124 valence electrons. The van der Waals surface area contributed by atoms with Crippen LogP contribution in [-0.4, -0.2) is 43.0 Å². The largest absolute Gasteiger partial charge is 0.493 e. The number of carbonyl (C=O) groups is 2. The number of nitrogens with one attached hydrogen (secondary N) is 1. The molecule has 0 aromatic heterocycles. The number of likely N-dealkylation sites (tertiary alicyclic amines) is 1. The summed E-state index contributed by atoms with van der Waals surface area (Å²) in [5, 5.41) is 2.94. The molecule has 0 saturated carbocycles. The molecule has 0 bridgehead atoms. The molecular formula is C18H24N2O3. The minimum absolute atomic E-state index is 0.0538. The number of ether oxygens (including phenoxy) is 1. The van der Waals surface area contributed by atoms with Gasteiger partial charge in [-0.1, -0.05) is 6.42 Å². The highest BCUT2D eigenvalue weighted by atomic mass is 16.5. The van der Waals surface area contributed by atoms with E-state index < -0.39 is 0 Å². The molecule has 1 aromatic carbocycles. The lowest BCUT2D eigenvalue weighted by Gasteiger charge is -2.20. The highest BCUT2D eigenvalue weighted by Gasteiger charge is 2.17. The summed E-state index contributed by atoms with van der Waals surface area (Å²) in [6.07, 6.45) is 5.58. The van der Waals surface area contributed by atoms with Crippen LogP contribution in [0.3, 0.4) is 0 Å². The Hall–Kier alpha value is -2.04. The summed E-state index contributed by atoms with van der Waals surface area (Å²) in [6, 6.07) is 5.58.